The van der Waals surface area contributed by atoms with Gasteiger partial charge in [-0.15, -0.1) is 0 Å². The third-order valence-electron chi connectivity index (χ3n) is 14.3. The van der Waals surface area contributed by atoms with E-state index in [4.69, 9.17) is 18.9 Å². The Morgan fingerprint density at radius 3 is 1.28 bits per heavy atom. The molecule has 4 aromatic carbocycles. The fraction of sp³-hybridized carbons (Fsp3) is 0.443. The normalized spacial score (nSPS) is 16.7. The summed E-state index contributed by atoms with van der Waals surface area (Å²) in [6, 6.07) is 29.7. The lowest BCUT2D eigenvalue weighted by Gasteiger charge is -2.38. The Bertz CT molecular complexity index is 2770. The summed E-state index contributed by atoms with van der Waals surface area (Å²) in [5.74, 6) is 8.94. The van der Waals surface area contributed by atoms with Gasteiger partial charge >= 0.3 is 0 Å². The maximum atomic E-state index is 13.4. The van der Waals surface area contributed by atoms with Gasteiger partial charge in [-0.1, -0.05) is 62.8 Å². The molecular formula is C61H78N6O11. The highest BCUT2D eigenvalue weighted by Gasteiger charge is 2.48. The first kappa shape index (κ1) is 63.5. The van der Waals surface area contributed by atoms with Crippen LogP contribution in [0.2, 0.25) is 0 Å². The number of hydrogen-bond donors (Lipinski definition) is 3. The number of carbonyl (C=O) groups excluding carboxylic acids is 6. The Hall–Kier alpha value is -7.06. The van der Waals surface area contributed by atoms with Gasteiger partial charge in [0, 0.05) is 122 Å². The number of aliphatic hydroxyl groups excluding tert-OH is 1. The number of amides is 4. The lowest BCUT2D eigenvalue weighted by Crippen LogP contribution is -2.62. The average molecular weight is 1070 g/mol. The first-order valence-corrected chi connectivity index (χ1v) is 25.3. The number of benzene rings is 4. The molecule has 4 aromatic rings. The van der Waals surface area contributed by atoms with Gasteiger partial charge in [-0.3, -0.25) is 38.6 Å². The maximum absolute atomic E-state index is 13.4. The van der Waals surface area contributed by atoms with Crippen molar-refractivity contribution in [2.45, 2.75) is 90.6 Å². The number of nitrogens with one attached hydrogen (secondary N) is 2. The van der Waals surface area contributed by atoms with Crippen molar-refractivity contribution in [1.82, 2.24) is 30.2 Å². The molecule has 0 spiro atoms. The standard InChI is InChI=1S/C32H39N3O6.C27H31N3O5.2CH4/c1-32(31(38)33-2,28(36)22-41-29-7-5-6-18-40-29)34(3)30(37)26-16-14-24(15-17-26)9-8-23-10-12-25(13-11-23)19-35-20-27(21-35)39-4;1-27(24(32)18-31,26(34)28-2)29(3)25(33)22-13-11-20(12-14-22)6-5-19-7-9-21(10-8-19)15-30-16-23(17-30)35-4;;/h10-17,27,29H,5-7,18-22H2,1-4H3,(H,33,38);7-14,23,31H,15-18H2,1-4H3,(H,28,34);2*1H4/t29?,32-;27-;;/m11../s1. The number of methoxy groups -OCH3 is 2. The van der Waals surface area contributed by atoms with Gasteiger partial charge in [0.1, 0.15) is 13.2 Å². The molecule has 3 fully saturated rings. The first-order valence-electron chi connectivity index (χ1n) is 25.3. The highest BCUT2D eigenvalue weighted by atomic mass is 16.7. The van der Waals surface area contributed by atoms with Crippen molar-refractivity contribution >= 4 is 35.2 Å². The molecule has 3 saturated heterocycles. The van der Waals surface area contributed by atoms with E-state index in [-0.39, 0.29) is 21.5 Å². The predicted molar refractivity (Wildman–Crippen MR) is 299 cm³/mol. The van der Waals surface area contributed by atoms with Crippen LogP contribution < -0.4 is 10.6 Å². The van der Waals surface area contributed by atoms with Crippen molar-refractivity contribution in [3.05, 3.63) is 142 Å². The Labute approximate surface area is 460 Å². The summed E-state index contributed by atoms with van der Waals surface area (Å²) in [5.41, 5.74) is 2.75. The van der Waals surface area contributed by atoms with Crippen molar-refractivity contribution in [2.24, 2.45) is 0 Å². The number of ether oxygens (including phenoxy) is 4. The molecular weight excluding hydrogens is 993 g/mol. The molecule has 0 bridgehead atoms. The van der Waals surface area contributed by atoms with Crippen LogP contribution in [0.5, 0.6) is 0 Å². The average Bonchev–Trinajstić information content (AvgIpc) is 3.47. The van der Waals surface area contributed by atoms with Crippen molar-refractivity contribution in [2.75, 3.05) is 88.4 Å². The molecule has 17 nitrogen and oxygen atoms in total. The van der Waals surface area contributed by atoms with E-state index in [9.17, 15) is 33.9 Å². The van der Waals surface area contributed by atoms with Crippen LogP contribution in [0.1, 0.15) is 102 Å². The minimum Gasteiger partial charge on any atom is -0.388 e. The van der Waals surface area contributed by atoms with Crippen molar-refractivity contribution < 1.29 is 52.8 Å². The van der Waals surface area contributed by atoms with Gasteiger partial charge in [0.2, 0.25) is 0 Å². The third kappa shape index (κ3) is 15.8. The molecule has 78 heavy (non-hydrogen) atoms. The van der Waals surface area contributed by atoms with Gasteiger partial charge in [-0.05, 0) is 117 Å². The van der Waals surface area contributed by atoms with Crippen molar-refractivity contribution in [3.63, 3.8) is 0 Å². The van der Waals surface area contributed by atoms with E-state index < -0.39 is 59.2 Å². The predicted octanol–water partition coefficient (Wildman–Crippen LogP) is 4.93. The molecule has 3 heterocycles. The second-order valence-electron chi connectivity index (χ2n) is 19.3. The quantitative estimate of drug-likeness (QED) is 0.0898. The molecule has 7 rings (SSSR count). The number of nitrogens with zero attached hydrogens (tertiary/aromatic N) is 4. The minimum atomic E-state index is -1.83. The Morgan fingerprint density at radius 2 is 0.962 bits per heavy atom. The number of ketones is 2. The number of likely N-dealkylation sites (N-methyl/N-ethyl adjacent to an activating group) is 4. The van der Waals surface area contributed by atoms with Gasteiger partial charge in [0.05, 0.1) is 12.2 Å². The summed E-state index contributed by atoms with van der Waals surface area (Å²) in [5, 5.41) is 14.2. The molecule has 0 aromatic heterocycles. The number of rotatable bonds is 18. The van der Waals surface area contributed by atoms with Gasteiger partial charge < -0.3 is 44.5 Å². The van der Waals surface area contributed by atoms with Crippen LogP contribution in [-0.2, 0) is 51.2 Å². The van der Waals surface area contributed by atoms with Crippen LogP contribution in [0.25, 0.3) is 0 Å². The minimum absolute atomic E-state index is 0. The third-order valence-corrected chi connectivity index (χ3v) is 14.3. The molecule has 0 radical (unpaired) electrons. The fourth-order valence-corrected chi connectivity index (χ4v) is 8.70. The zero-order valence-electron chi connectivity index (χ0n) is 44.8. The molecule has 3 atom stereocenters. The highest BCUT2D eigenvalue weighted by molar-refractivity contribution is 6.15. The lowest BCUT2D eigenvalue weighted by molar-refractivity contribution is -0.174. The molecule has 0 saturated carbocycles. The highest BCUT2D eigenvalue weighted by Crippen LogP contribution is 2.23. The summed E-state index contributed by atoms with van der Waals surface area (Å²) in [6.45, 7) is 7.73. The Kier molecular flexibility index (Phi) is 24.1. The first-order chi connectivity index (χ1) is 36.5. The van der Waals surface area contributed by atoms with E-state index in [0.717, 1.165) is 84.2 Å². The van der Waals surface area contributed by atoms with Crippen LogP contribution >= 0.6 is 0 Å². The van der Waals surface area contributed by atoms with Crippen molar-refractivity contribution in [1.29, 1.82) is 0 Å². The van der Waals surface area contributed by atoms with Gasteiger partial charge in [-0.2, -0.15) is 0 Å². The number of Topliss-reactive ketones (excluding diaryl/α,β-unsaturated/α-hetero) is 2. The Balaban J connectivity index is 0.000000332. The lowest BCUT2D eigenvalue weighted by atomic mass is 9.92. The van der Waals surface area contributed by atoms with E-state index in [1.165, 1.54) is 53.2 Å². The molecule has 418 valence electrons. The van der Waals surface area contributed by atoms with E-state index in [0.29, 0.717) is 36.4 Å². The monoisotopic (exact) mass is 1070 g/mol. The molecule has 1 unspecified atom stereocenters. The maximum Gasteiger partial charge on any atom is 0.254 e. The molecule has 3 aliphatic heterocycles. The summed E-state index contributed by atoms with van der Waals surface area (Å²) < 4.78 is 21.8. The van der Waals surface area contributed by atoms with Crippen molar-refractivity contribution in [3.8, 4) is 23.7 Å². The smallest absolute Gasteiger partial charge is 0.254 e. The van der Waals surface area contributed by atoms with E-state index in [1.54, 1.807) is 62.8 Å². The largest absolute Gasteiger partial charge is 0.388 e. The Morgan fingerprint density at radius 1 is 0.603 bits per heavy atom. The SMILES string of the molecule is C.C.CNC(=O)[C@@](C)(C(=O)CO)N(C)C(=O)c1ccc(C#Cc2ccc(CN3CC(OC)C3)cc2)cc1.CNC(=O)[C@@](C)(C(=O)COC1CCCCO1)N(C)C(=O)c1ccc(C#Cc2ccc(CN3CC(OC)C3)cc2)cc1. The summed E-state index contributed by atoms with van der Waals surface area (Å²) in [4.78, 5) is 83.9. The molecule has 3 N–H and O–H groups in total. The van der Waals surface area contributed by atoms with Gasteiger partial charge in [0.25, 0.3) is 23.6 Å². The number of likely N-dealkylation sites (tertiary alicyclic amines) is 2. The van der Waals surface area contributed by atoms with Crippen LogP contribution in [0.15, 0.2) is 97.1 Å². The fourth-order valence-electron chi connectivity index (χ4n) is 8.70. The van der Waals surface area contributed by atoms with Crippen LogP contribution in [0.3, 0.4) is 0 Å². The number of hydrogen-bond acceptors (Lipinski definition) is 13. The summed E-state index contributed by atoms with van der Waals surface area (Å²) >= 11 is 0. The zero-order valence-corrected chi connectivity index (χ0v) is 44.8. The van der Waals surface area contributed by atoms with Crippen LogP contribution in [0, 0.1) is 23.7 Å². The molecule has 4 amide bonds. The van der Waals surface area contributed by atoms with E-state index in [2.05, 4.69) is 68.4 Å². The van der Waals surface area contributed by atoms with Crippen LogP contribution in [-0.4, -0.2) is 178 Å². The van der Waals surface area contributed by atoms with E-state index >= 15 is 0 Å². The topological polar surface area (TPSA) is 197 Å². The second kappa shape index (κ2) is 29.6. The second-order valence-corrected chi connectivity index (χ2v) is 19.3. The number of aliphatic hydroxyl groups is 1. The zero-order chi connectivity index (χ0) is 55.0. The molecule has 0 aliphatic carbocycles. The number of carbonyl (C=O) groups is 6. The van der Waals surface area contributed by atoms with Crippen LogP contribution in [0.4, 0.5) is 0 Å². The molecule has 17 heteroatoms. The molecule has 3 aliphatic rings. The summed E-state index contributed by atoms with van der Waals surface area (Å²) in [7, 11) is 9.10. The van der Waals surface area contributed by atoms with Gasteiger partial charge in [0.15, 0.2) is 28.9 Å². The summed E-state index contributed by atoms with van der Waals surface area (Å²) in [6.07, 6.45) is 2.79. The van der Waals surface area contributed by atoms with E-state index in [1.807, 2.05) is 24.3 Å². The van der Waals surface area contributed by atoms with Gasteiger partial charge in [-0.25, -0.2) is 0 Å².